The number of aromatic nitrogens is 1. The van der Waals surface area contributed by atoms with Crippen molar-refractivity contribution in [2.75, 3.05) is 6.61 Å². The van der Waals surface area contributed by atoms with Gasteiger partial charge in [0.05, 0.1) is 28.5 Å². The highest BCUT2D eigenvalue weighted by molar-refractivity contribution is 7.07. The number of esters is 1. The predicted octanol–water partition coefficient (Wildman–Crippen LogP) is 4.77. The molecule has 1 atom stereocenters. The summed E-state index contributed by atoms with van der Waals surface area (Å²) in [4.78, 5) is 31.3. The van der Waals surface area contributed by atoms with E-state index in [4.69, 9.17) is 27.9 Å². The molecule has 2 aromatic carbocycles. The first-order chi connectivity index (χ1) is 15.9. The fourth-order valence-electron chi connectivity index (χ4n) is 3.54. The van der Waals surface area contributed by atoms with Crippen LogP contribution in [0.25, 0.3) is 12.2 Å². The first-order valence-electron chi connectivity index (χ1n) is 10.3. The van der Waals surface area contributed by atoms with Crippen molar-refractivity contribution in [3.8, 4) is 0 Å². The third kappa shape index (κ3) is 4.88. The molecule has 0 spiro atoms. The molecule has 0 fully saturated rings. The van der Waals surface area contributed by atoms with Crippen LogP contribution in [-0.2, 0) is 9.53 Å². The molecular weight excluding hydrogens is 479 g/mol. The van der Waals surface area contributed by atoms with Gasteiger partial charge in [0.15, 0.2) is 4.80 Å². The van der Waals surface area contributed by atoms with Crippen LogP contribution in [0.3, 0.4) is 0 Å². The number of carbonyl (C=O) groups excluding carboxylic acids is 1. The molecule has 0 saturated carbocycles. The van der Waals surface area contributed by atoms with E-state index < -0.39 is 12.0 Å². The summed E-state index contributed by atoms with van der Waals surface area (Å²) in [6.07, 6.45) is 5.43. The maximum atomic E-state index is 13.5. The Morgan fingerprint density at radius 3 is 2.67 bits per heavy atom. The van der Waals surface area contributed by atoms with Crippen LogP contribution in [0.2, 0.25) is 10.0 Å². The maximum Gasteiger partial charge on any atom is 0.338 e. The SMILES string of the molecule is CCOC(=O)C1=C(C)N=c2sc(=Cc3ccc(Cl)cc3Cl)c(=O)n2[C@H]1/C=C/c1ccccc1. The highest BCUT2D eigenvalue weighted by Crippen LogP contribution is 2.26. The number of allylic oxidation sites excluding steroid dienone is 2. The fraction of sp³-hybridized carbons (Fsp3) is 0.160. The van der Waals surface area contributed by atoms with Gasteiger partial charge < -0.3 is 4.74 Å². The van der Waals surface area contributed by atoms with Gasteiger partial charge >= 0.3 is 5.97 Å². The van der Waals surface area contributed by atoms with E-state index in [1.807, 2.05) is 42.5 Å². The Morgan fingerprint density at radius 1 is 1.21 bits per heavy atom. The van der Waals surface area contributed by atoms with E-state index in [2.05, 4.69) is 4.99 Å². The molecule has 0 bridgehead atoms. The Morgan fingerprint density at radius 2 is 1.97 bits per heavy atom. The number of hydrogen-bond donors (Lipinski definition) is 0. The predicted molar refractivity (Wildman–Crippen MR) is 133 cm³/mol. The highest BCUT2D eigenvalue weighted by Gasteiger charge is 2.30. The molecule has 4 rings (SSSR count). The molecule has 0 aliphatic carbocycles. The number of halogens is 2. The third-order valence-corrected chi connectivity index (χ3v) is 6.62. The zero-order valence-corrected chi connectivity index (χ0v) is 20.2. The van der Waals surface area contributed by atoms with Crippen molar-refractivity contribution < 1.29 is 9.53 Å². The largest absolute Gasteiger partial charge is 0.463 e. The number of fused-ring (bicyclic) bond motifs is 1. The summed E-state index contributed by atoms with van der Waals surface area (Å²) in [7, 11) is 0. The Hall–Kier alpha value is -2.93. The normalized spacial score (nSPS) is 16.1. The average Bonchev–Trinajstić information content (AvgIpc) is 3.09. The summed E-state index contributed by atoms with van der Waals surface area (Å²) in [5.74, 6) is -0.489. The molecular formula is C25H20Cl2N2O3S. The van der Waals surface area contributed by atoms with E-state index in [1.54, 1.807) is 38.1 Å². The molecule has 0 unspecified atom stereocenters. The van der Waals surface area contributed by atoms with Gasteiger partial charge in [-0.25, -0.2) is 9.79 Å². The maximum absolute atomic E-state index is 13.5. The van der Waals surface area contributed by atoms with Gasteiger partial charge in [0.2, 0.25) is 0 Å². The average molecular weight is 499 g/mol. The van der Waals surface area contributed by atoms with Gasteiger partial charge in [0, 0.05) is 10.0 Å². The summed E-state index contributed by atoms with van der Waals surface area (Å²) >= 11 is 13.5. The van der Waals surface area contributed by atoms with E-state index in [-0.39, 0.29) is 12.2 Å². The molecule has 0 amide bonds. The smallest absolute Gasteiger partial charge is 0.338 e. The highest BCUT2D eigenvalue weighted by atomic mass is 35.5. The van der Waals surface area contributed by atoms with E-state index in [1.165, 1.54) is 15.9 Å². The lowest BCUT2D eigenvalue weighted by Crippen LogP contribution is -2.38. The van der Waals surface area contributed by atoms with Crippen molar-refractivity contribution in [1.29, 1.82) is 0 Å². The van der Waals surface area contributed by atoms with Gasteiger partial charge in [-0.3, -0.25) is 9.36 Å². The van der Waals surface area contributed by atoms with Crippen LogP contribution >= 0.6 is 34.5 Å². The van der Waals surface area contributed by atoms with Crippen LogP contribution in [0.1, 0.15) is 31.0 Å². The lowest BCUT2D eigenvalue weighted by Gasteiger charge is -2.21. The standard InChI is InChI=1S/C25H20Cl2N2O3S/c1-3-32-24(31)22-15(2)28-25-29(20(22)12-9-16-7-5-4-6-8-16)23(30)21(33-25)13-17-10-11-18(26)14-19(17)27/h4-14,20H,3H2,1-2H3/b12-9+,21-13?/t20-/m0/s1. The van der Waals surface area contributed by atoms with E-state index in [9.17, 15) is 9.59 Å². The van der Waals surface area contributed by atoms with Crippen LogP contribution in [0.15, 0.2) is 75.7 Å². The van der Waals surface area contributed by atoms with Crippen molar-refractivity contribution in [1.82, 2.24) is 4.57 Å². The Labute approximate surface area is 204 Å². The molecule has 3 aromatic rings. The Balaban J connectivity index is 1.89. The van der Waals surface area contributed by atoms with Crippen molar-refractivity contribution >= 4 is 52.7 Å². The molecule has 33 heavy (non-hydrogen) atoms. The topological polar surface area (TPSA) is 60.7 Å². The minimum absolute atomic E-state index is 0.226. The molecule has 2 heterocycles. The van der Waals surface area contributed by atoms with Gasteiger partial charge in [-0.05, 0) is 43.2 Å². The first-order valence-corrected chi connectivity index (χ1v) is 11.8. The van der Waals surface area contributed by atoms with Crippen molar-refractivity contribution in [2.45, 2.75) is 19.9 Å². The molecule has 8 heteroatoms. The summed E-state index contributed by atoms with van der Waals surface area (Å²) in [6.45, 7) is 3.72. The van der Waals surface area contributed by atoms with E-state index in [0.29, 0.717) is 36.2 Å². The molecule has 168 valence electrons. The van der Waals surface area contributed by atoms with Gasteiger partial charge in [-0.15, -0.1) is 0 Å². The molecule has 1 aromatic heterocycles. The molecule has 1 aliphatic rings. The Bertz CT molecular complexity index is 1450. The minimum Gasteiger partial charge on any atom is -0.463 e. The van der Waals surface area contributed by atoms with Crippen molar-refractivity contribution in [3.63, 3.8) is 0 Å². The summed E-state index contributed by atoms with van der Waals surface area (Å²) < 4.78 is 7.26. The second-order valence-electron chi connectivity index (χ2n) is 7.28. The summed E-state index contributed by atoms with van der Waals surface area (Å²) in [5, 5.41) is 0.955. The Kier molecular flexibility index (Phi) is 6.98. The van der Waals surface area contributed by atoms with Gasteiger partial charge in [-0.2, -0.15) is 0 Å². The van der Waals surface area contributed by atoms with Crippen LogP contribution in [0.5, 0.6) is 0 Å². The van der Waals surface area contributed by atoms with Crippen molar-refractivity contribution in [2.24, 2.45) is 4.99 Å². The number of thiazole rings is 1. The zero-order valence-electron chi connectivity index (χ0n) is 17.9. The second-order valence-corrected chi connectivity index (χ2v) is 9.13. The lowest BCUT2D eigenvalue weighted by molar-refractivity contribution is -0.139. The number of hydrogen-bond acceptors (Lipinski definition) is 5. The molecule has 1 aliphatic heterocycles. The van der Waals surface area contributed by atoms with E-state index >= 15 is 0 Å². The molecule has 5 nitrogen and oxygen atoms in total. The van der Waals surface area contributed by atoms with Crippen LogP contribution in [0.4, 0.5) is 0 Å². The van der Waals surface area contributed by atoms with Crippen LogP contribution in [0, 0.1) is 0 Å². The minimum atomic E-state index is -0.650. The fourth-order valence-corrected chi connectivity index (χ4v) is 5.05. The number of nitrogens with zero attached hydrogens (tertiary/aromatic N) is 2. The van der Waals surface area contributed by atoms with Crippen LogP contribution < -0.4 is 14.9 Å². The quantitative estimate of drug-likeness (QED) is 0.476. The van der Waals surface area contributed by atoms with E-state index in [0.717, 1.165) is 5.56 Å². The molecule has 0 saturated heterocycles. The van der Waals surface area contributed by atoms with Gasteiger partial charge in [-0.1, -0.05) is 83.1 Å². The summed E-state index contributed by atoms with van der Waals surface area (Å²) in [5.41, 5.74) is 2.22. The number of benzene rings is 2. The number of rotatable bonds is 5. The van der Waals surface area contributed by atoms with Gasteiger partial charge in [0.1, 0.15) is 0 Å². The number of ether oxygens (including phenoxy) is 1. The van der Waals surface area contributed by atoms with Crippen molar-refractivity contribution in [3.05, 3.63) is 107 Å². The van der Waals surface area contributed by atoms with Crippen LogP contribution in [-0.4, -0.2) is 17.1 Å². The first kappa shape index (κ1) is 23.2. The monoisotopic (exact) mass is 498 g/mol. The zero-order chi connectivity index (χ0) is 23.5. The lowest BCUT2D eigenvalue weighted by atomic mass is 10.0. The molecule has 0 N–H and O–H groups in total. The second kappa shape index (κ2) is 9.91. The number of carbonyl (C=O) groups is 1. The third-order valence-electron chi connectivity index (χ3n) is 5.08. The summed E-state index contributed by atoms with van der Waals surface area (Å²) in [6, 6.07) is 14.1. The van der Waals surface area contributed by atoms with Gasteiger partial charge in [0.25, 0.3) is 5.56 Å². The molecule has 0 radical (unpaired) electrons.